The third-order valence-corrected chi connectivity index (χ3v) is 5.21. The number of halogens is 2. The summed E-state index contributed by atoms with van der Waals surface area (Å²) < 4.78 is 5.76. The number of anilines is 1. The summed E-state index contributed by atoms with van der Waals surface area (Å²) in [6.45, 7) is 4.17. The summed E-state index contributed by atoms with van der Waals surface area (Å²) in [5, 5.41) is 7.47. The van der Waals surface area contributed by atoms with Crippen molar-refractivity contribution in [3.63, 3.8) is 0 Å². The zero-order chi connectivity index (χ0) is 23.1. The van der Waals surface area contributed by atoms with Gasteiger partial charge >= 0.3 is 11.8 Å². The SMILES string of the molecule is Cc1ccc(NC(=O)C(=O)N/N=C\c2cccc(OCc3ccc(Cl)cc3Cl)c2)cc1C. The molecule has 3 rings (SSSR count). The van der Waals surface area contributed by atoms with Crippen LogP contribution in [-0.4, -0.2) is 18.0 Å². The average Bonchev–Trinajstić information content (AvgIpc) is 2.76. The van der Waals surface area contributed by atoms with Crippen molar-refractivity contribution >= 4 is 46.9 Å². The van der Waals surface area contributed by atoms with E-state index in [1.165, 1.54) is 6.21 Å². The van der Waals surface area contributed by atoms with E-state index in [0.717, 1.165) is 16.7 Å². The molecule has 2 amide bonds. The van der Waals surface area contributed by atoms with Crippen LogP contribution in [0.25, 0.3) is 0 Å². The van der Waals surface area contributed by atoms with Gasteiger partial charge in [-0.1, -0.05) is 47.5 Å². The fraction of sp³-hybridized carbons (Fsp3) is 0.125. The van der Waals surface area contributed by atoms with Crippen LogP contribution in [0.5, 0.6) is 5.75 Å². The summed E-state index contributed by atoms with van der Waals surface area (Å²) in [5.74, 6) is -1.08. The Hall–Kier alpha value is -3.35. The molecule has 0 heterocycles. The van der Waals surface area contributed by atoms with Crippen LogP contribution in [0.3, 0.4) is 0 Å². The number of nitrogens with zero attached hydrogens (tertiary/aromatic N) is 1. The van der Waals surface area contributed by atoms with Gasteiger partial charge in [0.1, 0.15) is 12.4 Å². The van der Waals surface area contributed by atoms with Crippen LogP contribution in [0, 0.1) is 13.8 Å². The maximum atomic E-state index is 12.0. The minimum Gasteiger partial charge on any atom is -0.489 e. The molecule has 0 bridgehead atoms. The summed E-state index contributed by atoms with van der Waals surface area (Å²) in [5.41, 5.74) is 6.35. The Labute approximate surface area is 196 Å². The van der Waals surface area contributed by atoms with Crippen molar-refractivity contribution in [2.45, 2.75) is 20.5 Å². The minimum absolute atomic E-state index is 0.270. The highest BCUT2D eigenvalue weighted by Gasteiger charge is 2.13. The van der Waals surface area contributed by atoms with E-state index in [4.69, 9.17) is 27.9 Å². The number of nitrogens with one attached hydrogen (secondary N) is 2. The Kier molecular flexibility index (Phi) is 7.87. The fourth-order valence-electron chi connectivity index (χ4n) is 2.71. The van der Waals surface area contributed by atoms with Gasteiger partial charge in [0.2, 0.25) is 0 Å². The first-order chi connectivity index (χ1) is 15.3. The van der Waals surface area contributed by atoms with E-state index < -0.39 is 11.8 Å². The smallest absolute Gasteiger partial charge is 0.329 e. The van der Waals surface area contributed by atoms with Crippen molar-refractivity contribution in [2.75, 3.05) is 5.32 Å². The number of hydrazone groups is 1. The highest BCUT2D eigenvalue weighted by molar-refractivity contribution is 6.39. The summed E-state index contributed by atoms with van der Waals surface area (Å²) in [4.78, 5) is 24.0. The van der Waals surface area contributed by atoms with Crippen molar-refractivity contribution < 1.29 is 14.3 Å². The molecule has 0 unspecified atom stereocenters. The highest BCUT2D eigenvalue weighted by Crippen LogP contribution is 2.23. The van der Waals surface area contributed by atoms with E-state index >= 15 is 0 Å². The molecule has 0 fully saturated rings. The molecule has 2 N–H and O–H groups in total. The van der Waals surface area contributed by atoms with Gasteiger partial charge in [0.25, 0.3) is 0 Å². The molecule has 32 heavy (non-hydrogen) atoms. The first-order valence-corrected chi connectivity index (χ1v) is 10.5. The van der Waals surface area contributed by atoms with Crippen molar-refractivity contribution in [1.29, 1.82) is 0 Å². The molecule has 0 atom stereocenters. The molecular weight excluding hydrogens is 449 g/mol. The van der Waals surface area contributed by atoms with Crippen LogP contribution in [0.4, 0.5) is 5.69 Å². The topological polar surface area (TPSA) is 79.8 Å². The number of aryl methyl sites for hydroxylation is 2. The second-order valence-corrected chi connectivity index (χ2v) is 7.89. The van der Waals surface area contributed by atoms with Gasteiger partial charge in [0.15, 0.2) is 0 Å². The van der Waals surface area contributed by atoms with Gasteiger partial charge in [-0.3, -0.25) is 9.59 Å². The van der Waals surface area contributed by atoms with Crippen LogP contribution in [0.1, 0.15) is 22.3 Å². The van der Waals surface area contributed by atoms with Gasteiger partial charge in [-0.25, -0.2) is 5.43 Å². The Morgan fingerprint density at radius 3 is 2.53 bits per heavy atom. The van der Waals surface area contributed by atoms with E-state index in [2.05, 4.69) is 15.8 Å². The Balaban J connectivity index is 1.54. The number of carbonyl (C=O) groups is 2. The predicted octanol–water partition coefficient (Wildman–Crippen LogP) is 5.28. The normalized spacial score (nSPS) is 10.8. The number of amides is 2. The number of rotatable bonds is 6. The van der Waals surface area contributed by atoms with E-state index in [0.29, 0.717) is 27.0 Å². The largest absolute Gasteiger partial charge is 0.489 e. The molecule has 0 aliphatic carbocycles. The second-order valence-electron chi connectivity index (χ2n) is 7.05. The molecule has 0 aromatic heterocycles. The molecule has 3 aromatic rings. The lowest BCUT2D eigenvalue weighted by Crippen LogP contribution is -2.32. The highest BCUT2D eigenvalue weighted by atomic mass is 35.5. The lowest BCUT2D eigenvalue weighted by Gasteiger charge is -2.08. The van der Waals surface area contributed by atoms with E-state index in [1.54, 1.807) is 54.6 Å². The summed E-state index contributed by atoms with van der Waals surface area (Å²) in [7, 11) is 0. The predicted molar refractivity (Wildman–Crippen MR) is 128 cm³/mol. The molecule has 8 heteroatoms. The van der Waals surface area contributed by atoms with Gasteiger partial charge in [-0.05, 0) is 66.9 Å². The average molecular weight is 470 g/mol. The molecule has 0 aliphatic rings. The molecule has 6 nitrogen and oxygen atoms in total. The van der Waals surface area contributed by atoms with Crippen LogP contribution in [-0.2, 0) is 16.2 Å². The Bertz CT molecular complexity index is 1180. The number of benzene rings is 3. The summed E-state index contributed by atoms with van der Waals surface area (Å²) in [6, 6.07) is 17.7. The van der Waals surface area contributed by atoms with Gasteiger partial charge in [-0.2, -0.15) is 5.10 Å². The quantitative estimate of drug-likeness (QED) is 0.292. The molecule has 0 aliphatic heterocycles. The standard InChI is InChI=1S/C24H21Cl2N3O3/c1-15-6-9-20(10-16(15)2)28-23(30)24(31)29-27-13-17-4-3-5-21(11-17)32-14-18-7-8-19(25)12-22(18)26/h3-13H,14H2,1-2H3,(H,28,30)(H,29,31)/b27-13-. The zero-order valence-electron chi connectivity index (χ0n) is 17.5. The molecule has 0 saturated carbocycles. The van der Waals surface area contributed by atoms with Gasteiger partial charge in [0.05, 0.1) is 6.21 Å². The van der Waals surface area contributed by atoms with Gasteiger partial charge in [-0.15, -0.1) is 0 Å². The van der Waals surface area contributed by atoms with Crippen molar-refractivity contribution in [1.82, 2.24) is 5.43 Å². The number of ether oxygens (including phenoxy) is 1. The zero-order valence-corrected chi connectivity index (χ0v) is 19.0. The Morgan fingerprint density at radius 2 is 1.78 bits per heavy atom. The maximum Gasteiger partial charge on any atom is 0.329 e. The first kappa shape index (κ1) is 23.3. The molecule has 0 radical (unpaired) electrons. The van der Waals surface area contributed by atoms with Crippen LogP contribution in [0.2, 0.25) is 10.0 Å². The lowest BCUT2D eigenvalue weighted by molar-refractivity contribution is -0.136. The maximum absolute atomic E-state index is 12.0. The number of hydrogen-bond donors (Lipinski definition) is 2. The second kappa shape index (κ2) is 10.8. The third-order valence-electron chi connectivity index (χ3n) is 4.62. The van der Waals surface area contributed by atoms with E-state index in [-0.39, 0.29) is 6.61 Å². The van der Waals surface area contributed by atoms with Crippen molar-refractivity contribution in [3.05, 3.63) is 93.0 Å². The van der Waals surface area contributed by atoms with Crippen molar-refractivity contribution in [3.8, 4) is 5.75 Å². The third kappa shape index (κ3) is 6.57. The van der Waals surface area contributed by atoms with Gasteiger partial charge < -0.3 is 10.1 Å². The van der Waals surface area contributed by atoms with E-state index in [9.17, 15) is 9.59 Å². The summed E-state index contributed by atoms with van der Waals surface area (Å²) >= 11 is 12.1. The van der Waals surface area contributed by atoms with E-state index in [1.807, 2.05) is 19.9 Å². The molecule has 0 saturated heterocycles. The minimum atomic E-state index is -0.871. The number of carbonyl (C=O) groups excluding carboxylic acids is 2. The first-order valence-electron chi connectivity index (χ1n) is 9.70. The lowest BCUT2D eigenvalue weighted by atomic mass is 10.1. The number of hydrogen-bond acceptors (Lipinski definition) is 4. The van der Waals surface area contributed by atoms with Crippen LogP contribution >= 0.6 is 23.2 Å². The summed E-state index contributed by atoms with van der Waals surface area (Å²) in [6.07, 6.45) is 1.42. The molecule has 164 valence electrons. The monoisotopic (exact) mass is 469 g/mol. The van der Waals surface area contributed by atoms with Crippen LogP contribution < -0.4 is 15.5 Å². The van der Waals surface area contributed by atoms with Crippen molar-refractivity contribution in [2.24, 2.45) is 5.10 Å². The molecular formula is C24H21Cl2N3O3. The fourth-order valence-corrected chi connectivity index (χ4v) is 3.17. The molecule has 0 spiro atoms. The Morgan fingerprint density at radius 1 is 0.969 bits per heavy atom. The van der Waals surface area contributed by atoms with Crippen LogP contribution in [0.15, 0.2) is 65.8 Å². The van der Waals surface area contributed by atoms with Gasteiger partial charge in [0, 0.05) is 21.3 Å². The molecule has 3 aromatic carbocycles.